The van der Waals surface area contributed by atoms with Gasteiger partial charge in [-0.1, -0.05) is 19.8 Å². The molecule has 0 amide bonds. The highest BCUT2D eigenvalue weighted by atomic mass is 16.5. The van der Waals surface area contributed by atoms with Crippen LogP contribution >= 0.6 is 0 Å². The van der Waals surface area contributed by atoms with Gasteiger partial charge in [0.15, 0.2) is 0 Å². The van der Waals surface area contributed by atoms with Crippen LogP contribution < -0.4 is 11.3 Å². The molecule has 3 heteroatoms. The summed E-state index contributed by atoms with van der Waals surface area (Å²) in [4.78, 5) is 0. The van der Waals surface area contributed by atoms with Crippen LogP contribution in [0, 0.1) is 11.8 Å². The number of rotatable bonds is 6. The number of hydrazine groups is 1. The Kier molecular flexibility index (Phi) is 5.58. The minimum Gasteiger partial charge on any atom is -0.377 e. The summed E-state index contributed by atoms with van der Waals surface area (Å²) < 4.78 is 5.63. The van der Waals surface area contributed by atoms with Crippen LogP contribution in [0.4, 0.5) is 0 Å². The second-order valence-corrected chi connectivity index (χ2v) is 5.00. The van der Waals surface area contributed by atoms with Crippen LogP contribution in [0.3, 0.4) is 0 Å². The Bertz CT molecular complexity index is 173. The lowest BCUT2D eigenvalue weighted by Gasteiger charge is -2.23. The van der Waals surface area contributed by atoms with E-state index < -0.39 is 0 Å². The van der Waals surface area contributed by atoms with Crippen molar-refractivity contribution in [3.8, 4) is 0 Å². The van der Waals surface area contributed by atoms with E-state index in [1.165, 1.54) is 25.7 Å². The minimum atomic E-state index is 0.296. The van der Waals surface area contributed by atoms with Crippen LogP contribution in [0.15, 0.2) is 0 Å². The number of nitrogens with two attached hydrogens (primary N) is 1. The average molecular weight is 214 g/mol. The number of hydrogen-bond donors (Lipinski definition) is 2. The van der Waals surface area contributed by atoms with Gasteiger partial charge in [0, 0.05) is 6.04 Å². The van der Waals surface area contributed by atoms with Crippen molar-refractivity contribution in [1.82, 2.24) is 5.43 Å². The molecule has 3 nitrogen and oxygen atoms in total. The minimum absolute atomic E-state index is 0.296. The summed E-state index contributed by atoms with van der Waals surface area (Å²) in [5.74, 6) is 7.21. The van der Waals surface area contributed by atoms with Crippen molar-refractivity contribution in [3.63, 3.8) is 0 Å². The predicted molar refractivity (Wildman–Crippen MR) is 63.3 cm³/mol. The van der Waals surface area contributed by atoms with Crippen molar-refractivity contribution in [1.29, 1.82) is 0 Å². The number of ether oxygens (including phenoxy) is 1. The van der Waals surface area contributed by atoms with Crippen LogP contribution in [-0.2, 0) is 4.74 Å². The molecule has 0 saturated heterocycles. The van der Waals surface area contributed by atoms with Crippen molar-refractivity contribution in [2.75, 3.05) is 6.61 Å². The molecule has 0 aromatic rings. The lowest BCUT2D eigenvalue weighted by Crippen LogP contribution is -2.44. The van der Waals surface area contributed by atoms with Crippen LogP contribution in [-0.4, -0.2) is 18.8 Å². The quantitative estimate of drug-likeness (QED) is 0.525. The molecule has 0 bridgehead atoms. The Morgan fingerprint density at radius 3 is 2.60 bits per heavy atom. The normalized spacial score (nSPS) is 28.6. The summed E-state index contributed by atoms with van der Waals surface area (Å²) in [6.07, 6.45) is 5.57. The van der Waals surface area contributed by atoms with Gasteiger partial charge in [0.2, 0.25) is 0 Å². The van der Waals surface area contributed by atoms with E-state index in [0.717, 1.165) is 12.5 Å². The van der Waals surface area contributed by atoms with E-state index in [9.17, 15) is 0 Å². The van der Waals surface area contributed by atoms with Crippen LogP contribution in [0.1, 0.15) is 46.5 Å². The van der Waals surface area contributed by atoms with Gasteiger partial charge >= 0.3 is 0 Å². The van der Waals surface area contributed by atoms with E-state index in [1.807, 2.05) is 0 Å². The zero-order chi connectivity index (χ0) is 11.3. The Morgan fingerprint density at radius 1 is 1.40 bits per heavy atom. The highest BCUT2D eigenvalue weighted by Crippen LogP contribution is 2.34. The first-order valence-electron chi connectivity index (χ1n) is 6.25. The van der Waals surface area contributed by atoms with E-state index in [0.29, 0.717) is 18.1 Å². The monoisotopic (exact) mass is 214 g/mol. The lowest BCUT2D eigenvalue weighted by atomic mass is 9.97. The summed E-state index contributed by atoms with van der Waals surface area (Å²) >= 11 is 0. The van der Waals surface area contributed by atoms with Crippen LogP contribution in [0.5, 0.6) is 0 Å². The third kappa shape index (κ3) is 4.09. The summed E-state index contributed by atoms with van der Waals surface area (Å²) in [5, 5.41) is 0. The molecule has 0 heterocycles. The van der Waals surface area contributed by atoms with Crippen LogP contribution in [0.2, 0.25) is 0 Å². The van der Waals surface area contributed by atoms with Gasteiger partial charge in [0.1, 0.15) is 0 Å². The third-order valence-corrected chi connectivity index (χ3v) is 3.55. The Labute approximate surface area is 93.7 Å². The fraction of sp³-hybridized carbons (Fsp3) is 1.00. The van der Waals surface area contributed by atoms with Crippen molar-refractivity contribution in [3.05, 3.63) is 0 Å². The molecule has 1 fully saturated rings. The Balaban J connectivity index is 2.32. The van der Waals surface area contributed by atoms with E-state index in [4.69, 9.17) is 10.6 Å². The first-order chi connectivity index (χ1) is 7.17. The summed E-state index contributed by atoms with van der Waals surface area (Å²) in [6, 6.07) is 0.337. The van der Waals surface area contributed by atoms with Gasteiger partial charge in [-0.2, -0.15) is 0 Å². The average Bonchev–Trinajstić information content (AvgIpc) is 2.67. The van der Waals surface area contributed by atoms with Gasteiger partial charge < -0.3 is 4.74 Å². The van der Waals surface area contributed by atoms with Crippen molar-refractivity contribution in [2.45, 2.75) is 58.6 Å². The molecule has 0 aromatic carbocycles. The molecule has 0 aromatic heterocycles. The molecule has 0 aliphatic heterocycles. The van der Waals surface area contributed by atoms with Crippen molar-refractivity contribution >= 4 is 0 Å². The molecular formula is C12H26N2O. The highest BCUT2D eigenvalue weighted by molar-refractivity contribution is 4.83. The fourth-order valence-corrected chi connectivity index (χ4v) is 2.47. The van der Waals surface area contributed by atoms with Gasteiger partial charge in [0.25, 0.3) is 0 Å². The van der Waals surface area contributed by atoms with Gasteiger partial charge in [-0.25, -0.2) is 0 Å². The van der Waals surface area contributed by atoms with Gasteiger partial charge in [-0.15, -0.1) is 0 Å². The molecule has 0 radical (unpaired) electrons. The maximum absolute atomic E-state index is 5.63. The first kappa shape index (κ1) is 12.9. The zero-order valence-electron chi connectivity index (χ0n) is 10.3. The molecule has 3 atom stereocenters. The predicted octanol–water partition coefficient (Wildman–Crippen LogP) is 2.07. The van der Waals surface area contributed by atoms with E-state index in [2.05, 4.69) is 26.2 Å². The second kappa shape index (κ2) is 6.46. The summed E-state index contributed by atoms with van der Waals surface area (Å²) in [7, 11) is 0. The summed E-state index contributed by atoms with van der Waals surface area (Å²) in [6.45, 7) is 7.16. The molecule has 0 spiro atoms. The van der Waals surface area contributed by atoms with Crippen LogP contribution in [0.25, 0.3) is 0 Å². The maximum atomic E-state index is 5.63. The standard InChI is InChI=1S/C12H26N2O/c1-4-10-5-6-11(7-10)12(14-13)8-15-9(2)3/h9-12,14H,4-8,13H2,1-3H3. The molecule has 1 aliphatic rings. The molecule has 1 aliphatic carbocycles. The largest absolute Gasteiger partial charge is 0.377 e. The summed E-state index contributed by atoms with van der Waals surface area (Å²) in [5.41, 5.74) is 2.92. The van der Waals surface area contributed by atoms with Crippen molar-refractivity contribution in [2.24, 2.45) is 17.7 Å². The highest BCUT2D eigenvalue weighted by Gasteiger charge is 2.29. The molecular weight excluding hydrogens is 188 g/mol. The van der Waals surface area contributed by atoms with Gasteiger partial charge in [0.05, 0.1) is 12.7 Å². The zero-order valence-corrected chi connectivity index (χ0v) is 10.3. The van der Waals surface area contributed by atoms with E-state index in [-0.39, 0.29) is 0 Å². The number of hydrogen-bond acceptors (Lipinski definition) is 3. The number of nitrogens with one attached hydrogen (secondary N) is 1. The van der Waals surface area contributed by atoms with E-state index in [1.54, 1.807) is 0 Å². The maximum Gasteiger partial charge on any atom is 0.0639 e. The van der Waals surface area contributed by atoms with Crippen molar-refractivity contribution < 1.29 is 4.74 Å². The SMILES string of the molecule is CCC1CCC(C(COC(C)C)NN)C1. The topological polar surface area (TPSA) is 47.3 Å². The Morgan fingerprint density at radius 2 is 2.13 bits per heavy atom. The molecule has 15 heavy (non-hydrogen) atoms. The van der Waals surface area contributed by atoms with Gasteiger partial charge in [-0.05, 0) is 38.5 Å². The molecule has 3 unspecified atom stereocenters. The smallest absolute Gasteiger partial charge is 0.0639 e. The molecule has 90 valence electrons. The lowest BCUT2D eigenvalue weighted by molar-refractivity contribution is 0.0482. The Hall–Kier alpha value is -0.120. The third-order valence-electron chi connectivity index (χ3n) is 3.55. The fourth-order valence-electron chi connectivity index (χ4n) is 2.47. The second-order valence-electron chi connectivity index (χ2n) is 5.00. The molecule has 1 saturated carbocycles. The molecule has 3 N–H and O–H groups in total. The molecule has 1 rings (SSSR count). The van der Waals surface area contributed by atoms with E-state index >= 15 is 0 Å². The first-order valence-corrected chi connectivity index (χ1v) is 6.25. The van der Waals surface area contributed by atoms with Gasteiger partial charge in [-0.3, -0.25) is 11.3 Å².